The van der Waals surface area contributed by atoms with Gasteiger partial charge in [-0.1, -0.05) is 0 Å². The summed E-state index contributed by atoms with van der Waals surface area (Å²) in [4.78, 5) is 12.1. The third-order valence-electron chi connectivity index (χ3n) is 3.16. The molecule has 14 heavy (non-hydrogen) atoms. The van der Waals surface area contributed by atoms with E-state index in [0.717, 1.165) is 30.6 Å². The molecule has 0 aromatic carbocycles. The second-order valence-electron chi connectivity index (χ2n) is 4.14. The van der Waals surface area contributed by atoms with Crippen molar-refractivity contribution in [3.05, 3.63) is 0 Å². The molecule has 1 saturated heterocycles. The molecule has 1 aliphatic heterocycles. The molecule has 0 aromatic heterocycles. The number of carbonyl (C=O) groups excluding carboxylic acids is 1. The van der Waals surface area contributed by atoms with E-state index in [1.165, 1.54) is 0 Å². The highest BCUT2D eigenvalue weighted by atomic mass is 19.4. The van der Waals surface area contributed by atoms with Gasteiger partial charge < -0.3 is 4.90 Å². The summed E-state index contributed by atoms with van der Waals surface area (Å²) in [6.07, 6.45) is -0.823. The highest BCUT2D eigenvalue weighted by molar-refractivity contribution is 5.83. The Morgan fingerprint density at radius 2 is 1.79 bits per heavy atom. The molecule has 0 N–H and O–H groups in total. The average molecular weight is 207 g/mol. The maximum Gasteiger partial charge on any atom is 0.471 e. The zero-order valence-corrected chi connectivity index (χ0v) is 7.73. The van der Waals surface area contributed by atoms with Crippen LogP contribution < -0.4 is 0 Å². The van der Waals surface area contributed by atoms with E-state index in [1.54, 1.807) is 0 Å². The summed E-state index contributed by atoms with van der Waals surface area (Å²) in [5.41, 5.74) is -0.412. The van der Waals surface area contributed by atoms with Crippen LogP contribution in [0.15, 0.2) is 0 Å². The predicted octanol–water partition coefficient (Wildman–Crippen LogP) is 2.09. The SMILES string of the molecule is O=C(N1CCCCC12CC2)C(F)(F)F. The monoisotopic (exact) mass is 207 g/mol. The van der Waals surface area contributed by atoms with Crippen molar-refractivity contribution >= 4 is 5.91 Å². The summed E-state index contributed by atoms with van der Waals surface area (Å²) < 4.78 is 36.6. The molecule has 80 valence electrons. The van der Waals surface area contributed by atoms with Crippen molar-refractivity contribution in [2.75, 3.05) is 6.54 Å². The third kappa shape index (κ3) is 1.48. The summed E-state index contributed by atoms with van der Waals surface area (Å²) in [7, 11) is 0. The maximum absolute atomic E-state index is 12.2. The van der Waals surface area contributed by atoms with Gasteiger partial charge in [0, 0.05) is 12.1 Å². The van der Waals surface area contributed by atoms with Gasteiger partial charge in [0.15, 0.2) is 0 Å². The van der Waals surface area contributed by atoms with Crippen LogP contribution in [0.4, 0.5) is 13.2 Å². The largest absolute Gasteiger partial charge is 0.471 e. The number of nitrogens with zero attached hydrogens (tertiary/aromatic N) is 1. The Labute approximate surface area is 80.1 Å². The molecule has 1 aliphatic carbocycles. The Kier molecular flexibility index (Phi) is 2.01. The first-order chi connectivity index (χ1) is 6.46. The lowest BCUT2D eigenvalue weighted by Crippen LogP contribution is -2.50. The Morgan fingerprint density at radius 1 is 1.14 bits per heavy atom. The molecule has 0 atom stereocenters. The number of carbonyl (C=O) groups is 1. The third-order valence-corrected chi connectivity index (χ3v) is 3.16. The Morgan fingerprint density at radius 3 is 2.29 bits per heavy atom. The van der Waals surface area contributed by atoms with E-state index in [-0.39, 0.29) is 6.54 Å². The van der Waals surface area contributed by atoms with Crippen molar-refractivity contribution in [3.8, 4) is 0 Å². The van der Waals surface area contributed by atoms with Gasteiger partial charge in [-0.25, -0.2) is 0 Å². The zero-order valence-electron chi connectivity index (χ0n) is 7.73. The summed E-state index contributed by atoms with van der Waals surface area (Å²) >= 11 is 0. The Balaban J connectivity index is 2.13. The number of hydrogen-bond donors (Lipinski definition) is 0. The normalized spacial score (nSPS) is 25.2. The minimum Gasteiger partial charge on any atom is -0.329 e. The molecule has 0 unspecified atom stereocenters. The van der Waals surface area contributed by atoms with E-state index in [2.05, 4.69) is 0 Å². The van der Waals surface area contributed by atoms with Crippen LogP contribution in [0.5, 0.6) is 0 Å². The Bertz CT molecular complexity index is 257. The molecular weight excluding hydrogens is 195 g/mol. The fourth-order valence-corrected chi connectivity index (χ4v) is 2.23. The second kappa shape index (κ2) is 2.87. The highest BCUT2D eigenvalue weighted by Gasteiger charge is 2.56. The van der Waals surface area contributed by atoms with Crippen molar-refractivity contribution in [1.29, 1.82) is 0 Å². The molecule has 1 amide bonds. The number of amides is 1. The van der Waals surface area contributed by atoms with E-state index >= 15 is 0 Å². The number of alkyl halides is 3. The molecular formula is C9H12F3NO. The van der Waals surface area contributed by atoms with Gasteiger partial charge in [-0.15, -0.1) is 0 Å². The zero-order chi connectivity index (χ0) is 10.4. The molecule has 2 aliphatic rings. The molecule has 5 heteroatoms. The predicted molar refractivity (Wildman–Crippen MR) is 43.6 cm³/mol. The topological polar surface area (TPSA) is 20.3 Å². The number of piperidine rings is 1. The Hall–Kier alpha value is -0.740. The summed E-state index contributed by atoms with van der Waals surface area (Å²) in [6, 6.07) is 0. The fourth-order valence-electron chi connectivity index (χ4n) is 2.23. The lowest BCUT2D eigenvalue weighted by molar-refractivity contribution is -0.190. The van der Waals surface area contributed by atoms with Crippen LogP contribution in [0.1, 0.15) is 32.1 Å². The lowest BCUT2D eigenvalue weighted by atomic mass is 10.00. The minimum absolute atomic E-state index is 0.276. The fraction of sp³-hybridized carbons (Fsp3) is 0.889. The highest BCUT2D eigenvalue weighted by Crippen LogP contribution is 2.49. The van der Waals surface area contributed by atoms with Crippen molar-refractivity contribution in [1.82, 2.24) is 4.90 Å². The molecule has 2 nitrogen and oxygen atoms in total. The van der Waals surface area contributed by atoms with Crippen LogP contribution in [0.3, 0.4) is 0 Å². The molecule has 2 fully saturated rings. The second-order valence-corrected chi connectivity index (χ2v) is 4.14. The van der Waals surface area contributed by atoms with E-state index in [9.17, 15) is 18.0 Å². The van der Waals surface area contributed by atoms with E-state index in [4.69, 9.17) is 0 Å². The van der Waals surface area contributed by atoms with Crippen LogP contribution in [-0.2, 0) is 4.79 Å². The van der Waals surface area contributed by atoms with Gasteiger partial charge in [-0.3, -0.25) is 4.79 Å². The molecule has 1 heterocycles. The molecule has 0 aromatic rings. The van der Waals surface area contributed by atoms with Crippen LogP contribution >= 0.6 is 0 Å². The van der Waals surface area contributed by atoms with Gasteiger partial charge >= 0.3 is 12.1 Å². The first-order valence-electron chi connectivity index (χ1n) is 4.85. The van der Waals surface area contributed by atoms with Crippen LogP contribution in [0, 0.1) is 0 Å². The molecule has 1 spiro atoms. The van der Waals surface area contributed by atoms with Crippen molar-refractivity contribution in [3.63, 3.8) is 0 Å². The van der Waals surface area contributed by atoms with Gasteiger partial charge in [-0.05, 0) is 32.1 Å². The number of halogens is 3. The smallest absolute Gasteiger partial charge is 0.329 e. The van der Waals surface area contributed by atoms with E-state index in [0.29, 0.717) is 6.42 Å². The number of hydrogen-bond acceptors (Lipinski definition) is 1. The van der Waals surface area contributed by atoms with Crippen molar-refractivity contribution in [2.45, 2.75) is 43.8 Å². The molecule has 2 rings (SSSR count). The molecule has 0 bridgehead atoms. The van der Waals surface area contributed by atoms with Gasteiger partial charge in [-0.2, -0.15) is 13.2 Å². The summed E-state index contributed by atoms with van der Waals surface area (Å²) in [5.74, 6) is -1.64. The molecule has 0 radical (unpaired) electrons. The summed E-state index contributed by atoms with van der Waals surface area (Å²) in [6.45, 7) is 0.276. The minimum atomic E-state index is -4.70. The van der Waals surface area contributed by atoms with Crippen LogP contribution in [-0.4, -0.2) is 29.1 Å². The van der Waals surface area contributed by atoms with E-state index < -0.39 is 17.6 Å². The van der Waals surface area contributed by atoms with Crippen LogP contribution in [0.25, 0.3) is 0 Å². The lowest BCUT2D eigenvalue weighted by Gasteiger charge is -2.36. The van der Waals surface area contributed by atoms with Gasteiger partial charge in [0.1, 0.15) is 0 Å². The quantitative estimate of drug-likeness (QED) is 0.595. The number of likely N-dealkylation sites (tertiary alicyclic amines) is 1. The van der Waals surface area contributed by atoms with Gasteiger partial charge in [0.2, 0.25) is 0 Å². The average Bonchev–Trinajstić information content (AvgIpc) is 2.84. The van der Waals surface area contributed by atoms with Gasteiger partial charge in [0.05, 0.1) is 0 Å². The van der Waals surface area contributed by atoms with Crippen molar-refractivity contribution < 1.29 is 18.0 Å². The van der Waals surface area contributed by atoms with E-state index in [1.807, 2.05) is 0 Å². The van der Waals surface area contributed by atoms with Crippen LogP contribution in [0.2, 0.25) is 0 Å². The van der Waals surface area contributed by atoms with Crippen molar-refractivity contribution in [2.24, 2.45) is 0 Å². The first kappa shape index (κ1) is 9.80. The number of rotatable bonds is 0. The van der Waals surface area contributed by atoms with Gasteiger partial charge in [0.25, 0.3) is 0 Å². The molecule has 1 saturated carbocycles. The maximum atomic E-state index is 12.2. The summed E-state index contributed by atoms with van der Waals surface area (Å²) in [5, 5.41) is 0. The standard InChI is InChI=1S/C9H12F3NO/c10-9(11,12)7(14)13-6-2-1-3-8(13)4-5-8/h1-6H2. The first-order valence-corrected chi connectivity index (χ1v) is 4.85.